The van der Waals surface area contributed by atoms with Crippen molar-refractivity contribution in [3.8, 4) is 0 Å². The number of nitrogens with zero attached hydrogens (tertiary/aromatic N) is 3. The molecule has 2 aromatic heterocycles. The topological polar surface area (TPSA) is 68.8 Å². The summed E-state index contributed by atoms with van der Waals surface area (Å²) in [6, 6.07) is 3.64. The molecular weight excluding hydrogens is 190 g/mol. The van der Waals surface area contributed by atoms with Crippen molar-refractivity contribution in [1.29, 1.82) is 0 Å². The lowest BCUT2D eigenvalue weighted by atomic mass is 10.4. The Kier molecular flexibility index (Phi) is 2.82. The lowest BCUT2D eigenvalue weighted by molar-refractivity contribution is 0.725. The minimum absolute atomic E-state index is 0.670. The van der Waals surface area contributed by atoms with Gasteiger partial charge in [0.2, 0.25) is 0 Å². The first-order chi connectivity index (χ1) is 7.36. The summed E-state index contributed by atoms with van der Waals surface area (Å²) in [7, 11) is 0. The largest absolute Gasteiger partial charge is 0.396 e. The number of hydrogen-bond donors (Lipinski definition) is 2. The van der Waals surface area contributed by atoms with Gasteiger partial charge in [0.1, 0.15) is 5.82 Å². The summed E-state index contributed by atoms with van der Waals surface area (Å²) in [5.41, 5.74) is 6.41. The second-order valence-electron chi connectivity index (χ2n) is 3.17. The SMILES string of the molecule is Nc1cccnc1NCCn1ccnc1. The molecule has 2 heterocycles. The highest BCUT2D eigenvalue weighted by molar-refractivity contribution is 5.60. The zero-order chi connectivity index (χ0) is 10.5. The third-order valence-electron chi connectivity index (χ3n) is 2.06. The fourth-order valence-corrected chi connectivity index (χ4v) is 1.29. The first kappa shape index (κ1) is 9.51. The predicted octanol–water partition coefficient (Wildman–Crippen LogP) is 0.972. The molecule has 0 saturated heterocycles. The van der Waals surface area contributed by atoms with Gasteiger partial charge >= 0.3 is 0 Å². The van der Waals surface area contributed by atoms with Crippen molar-refractivity contribution in [2.75, 3.05) is 17.6 Å². The van der Waals surface area contributed by atoms with Crippen LogP contribution in [0.5, 0.6) is 0 Å². The molecular formula is C10H13N5. The Morgan fingerprint density at radius 1 is 1.40 bits per heavy atom. The second-order valence-corrected chi connectivity index (χ2v) is 3.17. The minimum atomic E-state index is 0.670. The zero-order valence-electron chi connectivity index (χ0n) is 8.30. The number of rotatable bonds is 4. The van der Waals surface area contributed by atoms with Crippen molar-refractivity contribution >= 4 is 11.5 Å². The number of pyridine rings is 1. The van der Waals surface area contributed by atoms with Crippen LogP contribution in [0.25, 0.3) is 0 Å². The maximum Gasteiger partial charge on any atom is 0.149 e. The Morgan fingerprint density at radius 3 is 3.07 bits per heavy atom. The molecule has 0 fully saturated rings. The lowest BCUT2D eigenvalue weighted by Gasteiger charge is -2.07. The smallest absolute Gasteiger partial charge is 0.149 e. The maximum atomic E-state index is 5.74. The summed E-state index contributed by atoms with van der Waals surface area (Å²) in [5, 5.41) is 3.17. The van der Waals surface area contributed by atoms with Gasteiger partial charge in [0.25, 0.3) is 0 Å². The quantitative estimate of drug-likeness (QED) is 0.777. The van der Waals surface area contributed by atoms with Crippen molar-refractivity contribution < 1.29 is 0 Å². The maximum absolute atomic E-state index is 5.74. The summed E-state index contributed by atoms with van der Waals surface area (Å²) < 4.78 is 1.99. The average Bonchev–Trinajstić information content (AvgIpc) is 2.74. The van der Waals surface area contributed by atoms with Crippen LogP contribution in [0.15, 0.2) is 37.1 Å². The second kappa shape index (κ2) is 4.45. The van der Waals surface area contributed by atoms with Crippen LogP contribution >= 0.6 is 0 Å². The van der Waals surface area contributed by atoms with Crippen LogP contribution in [0.1, 0.15) is 0 Å². The van der Waals surface area contributed by atoms with Gasteiger partial charge in [-0.2, -0.15) is 0 Å². The van der Waals surface area contributed by atoms with Gasteiger partial charge < -0.3 is 15.6 Å². The van der Waals surface area contributed by atoms with Crippen LogP contribution in [-0.4, -0.2) is 21.1 Å². The summed E-state index contributed by atoms with van der Waals surface area (Å²) in [5.74, 6) is 0.734. The molecule has 0 aliphatic heterocycles. The number of hydrogen-bond acceptors (Lipinski definition) is 4. The van der Waals surface area contributed by atoms with Crippen molar-refractivity contribution in [1.82, 2.24) is 14.5 Å². The van der Waals surface area contributed by atoms with E-state index in [1.165, 1.54) is 0 Å². The molecule has 0 aliphatic rings. The first-order valence-electron chi connectivity index (χ1n) is 4.76. The molecule has 5 nitrogen and oxygen atoms in total. The fraction of sp³-hybridized carbons (Fsp3) is 0.200. The first-order valence-corrected chi connectivity index (χ1v) is 4.76. The van der Waals surface area contributed by atoms with Gasteiger partial charge in [-0.25, -0.2) is 9.97 Å². The number of anilines is 2. The Morgan fingerprint density at radius 2 is 2.33 bits per heavy atom. The molecule has 0 saturated carbocycles. The van der Waals surface area contributed by atoms with Gasteiger partial charge in [-0.1, -0.05) is 0 Å². The van der Waals surface area contributed by atoms with Gasteiger partial charge in [0.15, 0.2) is 0 Å². The Bertz CT molecular complexity index is 410. The van der Waals surface area contributed by atoms with Crippen LogP contribution in [-0.2, 0) is 6.54 Å². The molecule has 0 spiro atoms. The normalized spacial score (nSPS) is 10.1. The van der Waals surface area contributed by atoms with Crippen molar-refractivity contribution in [2.45, 2.75) is 6.54 Å². The summed E-state index contributed by atoms with van der Waals surface area (Å²) in [6.07, 6.45) is 7.18. The Hall–Kier alpha value is -2.04. The molecule has 2 rings (SSSR count). The highest BCUT2D eigenvalue weighted by atomic mass is 15.1. The van der Waals surface area contributed by atoms with E-state index in [9.17, 15) is 0 Å². The van der Waals surface area contributed by atoms with Crippen LogP contribution in [0.3, 0.4) is 0 Å². The van der Waals surface area contributed by atoms with Crippen LogP contribution in [0.4, 0.5) is 11.5 Å². The molecule has 5 heteroatoms. The van der Waals surface area contributed by atoms with E-state index < -0.39 is 0 Å². The van der Waals surface area contributed by atoms with Crippen molar-refractivity contribution in [2.24, 2.45) is 0 Å². The number of nitrogen functional groups attached to an aromatic ring is 1. The Balaban J connectivity index is 1.86. The van der Waals surface area contributed by atoms with E-state index in [2.05, 4.69) is 15.3 Å². The minimum Gasteiger partial charge on any atom is -0.396 e. The van der Waals surface area contributed by atoms with E-state index >= 15 is 0 Å². The van der Waals surface area contributed by atoms with E-state index in [4.69, 9.17) is 5.73 Å². The molecule has 0 aliphatic carbocycles. The molecule has 0 bridgehead atoms. The standard InChI is InChI=1S/C10H13N5/c11-9-2-1-3-13-10(9)14-5-7-15-6-4-12-8-15/h1-4,6,8H,5,7,11H2,(H,13,14). The van der Waals surface area contributed by atoms with Gasteiger partial charge in [-0.15, -0.1) is 0 Å². The van der Waals surface area contributed by atoms with Crippen molar-refractivity contribution in [3.63, 3.8) is 0 Å². The van der Waals surface area contributed by atoms with Crippen LogP contribution in [0.2, 0.25) is 0 Å². The molecule has 15 heavy (non-hydrogen) atoms. The van der Waals surface area contributed by atoms with Gasteiger partial charge in [0.05, 0.1) is 12.0 Å². The van der Waals surface area contributed by atoms with Gasteiger partial charge in [0, 0.05) is 31.7 Å². The predicted molar refractivity (Wildman–Crippen MR) is 59.4 cm³/mol. The van der Waals surface area contributed by atoms with E-state index in [-0.39, 0.29) is 0 Å². The van der Waals surface area contributed by atoms with Crippen LogP contribution < -0.4 is 11.1 Å². The number of nitrogens with one attached hydrogen (secondary N) is 1. The zero-order valence-corrected chi connectivity index (χ0v) is 8.30. The summed E-state index contributed by atoms with van der Waals surface area (Å²) >= 11 is 0. The highest BCUT2D eigenvalue weighted by Crippen LogP contribution is 2.12. The molecule has 78 valence electrons. The molecule has 0 unspecified atom stereocenters. The molecule has 0 radical (unpaired) electrons. The fourth-order valence-electron chi connectivity index (χ4n) is 1.29. The molecule has 2 aromatic rings. The van der Waals surface area contributed by atoms with E-state index in [1.807, 2.05) is 22.9 Å². The van der Waals surface area contributed by atoms with Gasteiger partial charge in [-0.05, 0) is 12.1 Å². The van der Waals surface area contributed by atoms with E-state index in [0.717, 1.165) is 18.9 Å². The number of imidazole rings is 1. The summed E-state index contributed by atoms with van der Waals surface area (Å²) in [4.78, 5) is 8.10. The van der Waals surface area contributed by atoms with E-state index in [0.29, 0.717) is 5.69 Å². The lowest BCUT2D eigenvalue weighted by Crippen LogP contribution is -2.11. The number of nitrogens with two attached hydrogens (primary N) is 1. The molecule has 0 atom stereocenters. The Labute approximate surface area is 88.0 Å². The van der Waals surface area contributed by atoms with E-state index in [1.54, 1.807) is 18.7 Å². The molecule has 3 N–H and O–H groups in total. The summed E-state index contributed by atoms with van der Waals surface area (Å²) in [6.45, 7) is 1.62. The monoisotopic (exact) mass is 203 g/mol. The van der Waals surface area contributed by atoms with Gasteiger partial charge in [-0.3, -0.25) is 0 Å². The average molecular weight is 203 g/mol. The molecule has 0 aromatic carbocycles. The third kappa shape index (κ3) is 2.46. The highest BCUT2D eigenvalue weighted by Gasteiger charge is 1.97. The van der Waals surface area contributed by atoms with Crippen LogP contribution in [0, 0.1) is 0 Å². The number of aromatic nitrogens is 3. The molecule has 0 amide bonds. The van der Waals surface area contributed by atoms with Crippen molar-refractivity contribution in [3.05, 3.63) is 37.1 Å². The third-order valence-corrected chi connectivity index (χ3v) is 2.06.